The number of fused-ring (bicyclic) bond motifs is 1. The van der Waals surface area contributed by atoms with Gasteiger partial charge in [-0.1, -0.05) is 29.3 Å². The highest BCUT2D eigenvalue weighted by molar-refractivity contribution is 6.37. The topological polar surface area (TPSA) is 73.2 Å². The van der Waals surface area contributed by atoms with Gasteiger partial charge in [-0.3, -0.25) is 14.6 Å². The minimum Gasteiger partial charge on any atom is -0.380 e. The molecule has 0 spiro atoms. The van der Waals surface area contributed by atoms with Crippen molar-refractivity contribution in [3.8, 4) is 11.1 Å². The summed E-state index contributed by atoms with van der Waals surface area (Å²) in [4.78, 5) is 30.4. The van der Waals surface area contributed by atoms with Gasteiger partial charge in [0.15, 0.2) is 5.78 Å². The SMILES string of the molecule is COCC1=C(CNC(=O)c2cc(-c3cccnc3)cc3c2c(Cl)cn3C(C)C)C(=O)CC(C)=C1. The van der Waals surface area contributed by atoms with E-state index >= 15 is 0 Å². The molecule has 7 heteroatoms. The fourth-order valence-corrected chi connectivity index (χ4v) is 4.68. The van der Waals surface area contributed by atoms with Crippen LogP contribution in [0.4, 0.5) is 0 Å². The third-order valence-corrected chi connectivity index (χ3v) is 6.28. The number of rotatable bonds is 7. The molecule has 1 N–H and O–H groups in total. The average molecular weight is 478 g/mol. The lowest BCUT2D eigenvalue weighted by Gasteiger charge is -2.18. The van der Waals surface area contributed by atoms with Gasteiger partial charge < -0.3 is 14.6 Å². The number of amides is 1. The van der Waals surface area contributed by atoms with Crippen LogP contribution in [0.25, 0.3) is 22.0 Å². The predicted octanol–water partition coefficient (Wildman–Crippen LogP) is 5.53. The molecule has 1 amide bonds. The van der Waals surface area contributed by atoms with Gasteiger partial charge in [-0.2, -0.15) is 0 Å². The molecule has 0 saturated heterocycles. The maximum absolute atomic E-state index is 13.5. The molecule has 1 aliphatic carbocycles. The zero-order valence-electron chi connectivity index (χ0n) is 19.8. The summed E-state index contributed by atoms with van der Waals surface area (Å²) in [5.41, 5.74) is 5.47. The maximum Gasteiger partial charge on any atom is 0.252 e. The van der Waals surface area contributed by atoms with Crippen molar-refractivity contribution in [2.24, 2.45) is 0 Å². The number of halogens is 1. The van der Waals surface area contributed by atoms with E-state index in [1.807, 2.05) is 43.5 Å². The number of hydrogen-bond acceptors (Lipinski definition) is 4. The van der Waals surface area contributed by atoms with Gasteiger partial charge in [-0.25, -0.2) is 0 Å². The van der Waals surface area contributed by atoms with Crippen LogP contribution < -0.4 is 5.32 Å². The van der Waals surface area contributed by atoms with Crippen LogP contribution in [0.1, 0.15) is 43.6 Å². The number of nitrogens with zero attached hydrogens (tertiary/aromatic N) is 2. The second kappa shape index (κ2) is 9.95. The number of methoxy groups -OCH3 is 1. The Bertz CT molecular complexity index is 1320. The first-order valence-corrected chi connectivity index (χ1v) is 11.6. The van der Waals surface area contributed by atoms with Crippen molar-refractivity contribution in [3.63, 3.8) is 0 Å². The summed E-state index contributed by atoms with van der Waals surface area (Å²) >= 11 is 6.62. The maximum atomic E-state index is 13.5. The summed E-state index contributed by atoms with van der Waals surface area (Å²) in [5, 5.41) is 4.16. The van der Waals surface area contributed by atoms with Crippen LogP contribution in [-0.4, -0.2) is 41.5 Å². The molecule has 4 rings (SSSR count). The molecule has 2 aromatic heterocycles. The van der Waals surface area contributed by atoms with Crippen molar-refractivity contribution in [2.45, 2.75) is 33.2 Å². The number of carbonyl (C=O) groups excluding carboxylic acids is 2. The molecule has 0 atom stereocenters. The lowest BCUT2D eigenvalue weighted by atomic mass is 9.92. The molecule has 0 bridgehead atoms. The van der Waals surface area contributed by atoms with E-state index < -0.39 is 0 Å². The Hall–Kier alpha value is -3.22. The van der Waals surface area contributed by atoms with Crippen LogP contribution in [-0.2, 0) is 9.53 Å². The number of benzene rings is 1. The van der Waals surface area contributed by atoms with Crippen molar-refractivity contribution in [3.05, 3.63) is 76.2 Å². The van der Waals surface area contributed by atoms with E-state index in [0.29, 0.717) is 34.6 Å². The Morgan fingerprint density at radius 3 is 2.76 bits per heavy atom. The highest BCUT2D eigenvalue weighted by Gasteiger charge is 2.23. The molecule has 176 valence electrons. The first-order valence-electron chi connectivity index (χ1n) is 11.2. The van der Waals surface area contributed by atoms with E-state index in [1.165, 1.54) is 0 Å². The van der Waals surface area contributed by atoms with Crippen LogP contribution in [0.15, 0.2) is 65.7 Å². The van der Waals surface area contributed by atoms with Gasteiger partial charge in [0.05, 0.1) is 22.7 Å². The second-order valence-electron chi connectivity index (χ2n) is 8.85. The van der Waals surface area contributed by atoms with Crippen LogP contribution in [0.3, 0.4) is 0 Å². The van der Waals surface area contributed by atoms with Gasteiger partial charge in [0.2, 0.25) is 0 Å². The second-order valence-corrected chi connectivity index (χ2v) is 9.26. The zero-order chi connectivity index (χ0) is 24.4. The van der Waals surface area contributed by atoms with Crippen molar-refractivity contribution in [1.82, 2.24) is 14.9 Å². The summed E-state index contributed by atoms with van der Waals surface area (Å²) in [7, 11) is 1.59. The largest absolute Gasteiger partial charge is 0.380 e. The molecule has 3 aromatic rings. The number of allylic oxidation sites excluding steroid dienone is 1. The molecule has 0 radical (unpaired) electrons. The summed E-state index contributed by atoms with van der Waals surface area (Å²) in [6, 6.07) is 7.85. The number of ether oxygens (including phenoxy) is 1. The number of aromatic nitrogens is 2. The standard InChI is InChI=1S/C27H28ClN3O3/c1-16(2)31-14-23(28)26-21(10-19(11-24(26)31)18-6-5-7-29-12-18)27(33)30-13-22-20(15-34-4)8-17(3)9-25(22)32/h5-8,10-12,14,16H,9,13,15H2,1-4H3,(H,30,33). The van der Waals surface area contributed by atoms with E-state index in [0.717, 1.165) is 27.8 Å². The summed E-state index contributed by atoms with van der Waals surface area (Å²) in [6.45, 7) is 6.50. The zero-order valence-corrected chi connectivity index (χ0v) is 20.6. The van der Waals surface area contributed by atoms with Crippen molar-refractivity contribution < 1.29 is 14.3 Å². The van der Waals surface area contributed by atoms with Gasteiger partial charge in [-0.15, -0.1) is 0 Å². The van der Waals surface area contributed by atoms with Gasteiger partial charge in [0.25, 0.3) is 5.91 Å². The molecular formula is C27H28ClN3O3. The van der Waals surface area contributed by atoms with Gasteiger partial charge in [0.1, 0.15) is 0 Å². The van der Waals surface area contributed by atoms with E-state index in [4.69, 9.17) is 16.3 Å². The molecule has 0 aliphatic heterocycles. The quantitative estimate of drug-likeness (QED) is 0.485. The fraction of sp³-hybridized carbons (Fsp3) is 0.296. The highest BCUT2D eigenvalue weighted by atomic mass is 35.5. The fourth-order valence-electron chi connectivity index (χ4n) is 4.38. The molecule has 1 aromatic carbocycles. The molecule has 34 heavy (non-hydrogen) atoms. The van der Waals surface area contributed by atoms with Gasteiger partial charge >= 0.3 is 0 Å². The predicted molar refractivity (Wildman–Crippen MR) is 135 cm³/mol. The van der Waals surface area contributed by atoms with E-state index in [2.05, 4.69) is 28.7 Å². The molecule has 0 unspecified atom stereocenters. The van der Waals surface area contributed by atoms with Crippen molar-refractivity contribution >= 4 is 34.2 Å². The molecule has 2 heterocycles. The number of ketones is 1. The highest BCUT2D eigenvalue weighted by Crippen LogP contribution is 2.35. The first-order chi connectivity index (χ1) is 16.3. The molecule has 6 nitrogen and oxygen atoms in total. The number of pyridine rings is 1. The Morgan fingerprint density at radius 2 is 2.09 bits per heavy atom. The molecular weight excluding hydrogens is 450 g/mol. The number of nitrogens with one attached hydrogen (secondary N) is 1. The third kappa shape index (κ3) is 4.69. The summed E-state index contributed by atoms with van der Waals surface area (Å²) in [5.74, 6) is -0.284. The Labute approximate surface area is 204 Å². The van der Waals surface area contributed by atoms with Crippen LogP contribution in [0, 0.1) is 0 Å². The van der Waals surface area contributed by atoms with Crippen LogP contribution in [0.2, 0.25) is 5.02 Å². The Kier molecular flexibility index (Phi) is 7.00. The minimum absolute atomic E-state index is 0.00519. The normalized spacial score (nSPS) is 14.2. The summed E-state index contributed by atoms with van der Waals surface area (Å²) < 4.78 is 7.33. The lowest BCUT2D eigenvalue weighted by molar-refractivity contribution is -0.115. The summed E-state index contributed by atoms with van der Waals surface area (Å²) in [6.07, 6.45) is 7.66. The lowest BCUT2D eigenvalue weighted by Crippen LogP contribution is -2.30. The van der Waals surface area contributed by atoms with E-state index in [9.17, 15) is 9.59 Å². The molecule has 0 saturated carbocycles. The van der Waals surface area contributed by atoms with Crippen molar-refractivity contribution in [2.75, 3.05) is 20.3 Å². The Morgan fingerprint density at radius 1 is 1.29 bits per heavy atom. The van der Waals surface area contributed by atoms with Gasteiger partial charge in [0, 0.05) is 61.2 Å². The average Bonchev–Trinajstić information content (AvgIpc) is 3.15. The van der Waals surface area contributed by atoms with E-state index in [1.54, 1.807) is 19.5 Å². The Balaban J connectivity index is 1.76. The smallest absolute Gasteiger partial charge is 0.252 e. The van der Waals surface area contributed by atoms with E-state index in [-0.39, 0.29) is 24.3 Å². The third-order valence-electron chi connectivity index (χ3n) is 5.99. The monoisotopic (exact) mass is 477 g/mol. The van der Waals surface area contributed by atoms with Crippen LogP contribution >= 0.6 is 11.6 Å². The first kappa shape index (κ1) is 23.9. The number of carbonyl (C=O) groups is 2. The molecule has 1 aliphatic rings. The molecule has 0 fully saturated rings. The number of hydrogen-bond donors (Lipinski definition) is 1. The van der Waals surface area contributed by atoms with Gasteiger partial charge in [-0.05, 0) is 50.1 Å². The minimum atomic E-state index is -0.289. The van der Waals surface area contributed by atoms with Crippen molar-refractivity contribution in [1.29, 1.82) is 0 Å². The number of Topliss-reactive ketones (excluding diaryl/α,β-unsaturated/α-hetero) is 1. The van der Waals surface area contributed by atoms with Crippen LogP contribution in [0.5, 0.6) is 0 Å².